The number of hydrogen-bond acceptors (Lipinski definition) is 9. The first-order valence-electron chi connectivity index (χ1n) is 10.5. The van der Waals surface area contributed by atoms with Gasteiger partial charge in [-0.15, -0.1) is 0 Å². The van der Waals surface area contributed by atoms with Crippen molar-refractivity contribution >= 4 is 28.6 Å². The van der Waals surface area contributed by atoms with Gasteiger partial charge in [-0.2, -0.15) is 0 Å². The molecule has 2 aliphatic rings. The predicted octanol–water partition coefficient (Wildman–Crippen LogP) is 0.540. The lowest BCUT2D eigenvalue weighted by molar-refractivity contribution is 0.312. The molecule has 0 aliphatic carbocycles. The number of anilines is 3. The van der Waals surface area contributed by atoms with Crippen LogP contribution in [0.15, 0.2) is 18.7 Å². The van der Waals surface area contributed by atoms with Crippen molar-refractivity contribution in [1.29, 1.82) is 0 Å². The summed E-state index contributed by atoms with van der Waals surface area (Å²) in [7, 11) is 4.13. The fourth-order valence-corrected chi connectivity index (χ4v) is 4.21. The van der Waals surface area contributed by atoms with Crippen LogP contribution in [0.5, 0.6) is 0 Å². The van der Waals surface area contributed by atoms with Crippen LogP contribution in [0, 0.1) is 6.92 Å². The van der Waals surface area contributed by atoms with Gasteiger partial charge in [-0.25, -0.2) is 24.9 Å². The lowest BCUT2D eigenvalue weighted by Crippen LogP contribution is -2.47. The number of likely N-dealkylation sites (N-methyl/N-ethyl adjacent to an activating group) is 1. The van der Waals surface area contributed by atoms with E-state index in [4.69, 9.17) is 9.97 Å². The molecule has 10 heteroatoms. The van der Waals surface area contributed by atoms with Gasteiger partial charge in [-0.3, -0.25) is 0 Å². The van der Waals surface area contributed by atoms with E-state index in [1.165, 1.54) is 0 Å². The van der Waals surface area contributed by atoms with Gasteiger partial charge in [0.05, 0.1) is 6.33 Å². The second kappa shape index (κ2) is 7.67. The third-order valence-electron chi connectivity index (χ3n) is 6.02. The van der Waals surface area contributed by atoms with Crippen molar-refractivity contribution in [2.24, 2.45) is 7.05 Å². The van der Waals surface area contributed by atoms with Crippen LogP contribution >= 0.6 is 0 Å². The highest BCUT2D eigenvalue weighted by Crippen LogP contribution is 2.25. The van der Waals surface area contributed by atoms with E-state index in [2.05, 4.69) is 47.7 Å². The van der Waals surface area contributed by atoms with Gasteiger partial charge in [0.1, 0.15) is 23.8 Å². The Kier molecular flexibility index (Phi) is 4.86. The summed E-state index contributed by atoms with van der Waals surface area (Å²) in [6, 6.07) is 2.15. The van der Waals surface area contributed by atoms with Crippen LogP contribution in [-0.4, -0.2) is 93.8 Å². The molecule has 3 aromatic heterocycles. The molecule has 2 aliphatic heterocycles. The number of hydrogen-bond donors (Lipinski definition) is 0. The first-order valence-corrected chi connectivity index (χ1v) is 10.5. The van der Waals surface area contributed by atoms with Crippen LogP contribution in [0.4, 0.5) is 17.5 Å². The molecule has 0 aromatic carbocycles. The average molecular weight is 409 g/mol. The number of aryl methyl sites for hydroxylation is 2. The van der Waals surface area contributed by atoms with E-state index in [-0.39, 0.29) is 0 Å². The number of piperazine rings is 2. The Balaban J connectivity index is 1.32. The van der Waals surface area contributed by atoms with Gasteiger partial charge in [0.25, 0.3) is 0 Å². The number of imidazole rings is 1. The molecule has 0 radical (unpaired) electrons. The molecule has 2 saturated heterocycles. The van der Waals surface area contributed by atoms with Gasteiger partial charge in [-0.05, 0) is 14.0 Å². The fraction of sp³-hybridized carbons (Fsp3) is 0.550. The second-order valence-corrected chi connectivity index (χ2v) is 8.12. The Morgan fingerprint density at radius 2 is 1.33 bits per heavy atom. The molecule has 0 saturated carbocycles. The largest absolute Gasteiger partial charge is 0.354 e. The van der Waals surface area contributed by atoms with E-state index in [0.29, 0.717) is 0 Å². The monoisotopic (exact) mass is 408 g/mol. The lowest BCUT2D eigenvalue weighted by Gasteiger charge is -2.37. The van der Waals surface area contributed by atoms with E-state index in [1.54, 1.807) is 12.7 Å². The molecule has 10 nitrogen and oxygen atoms in total. The zero-order valence-electron chi connectivity index (χ0n) is 17.9. The van der Waals surface area contributed by atoms with E-state index >= 15 is 0 Å². The van der Waals surface area contributed by atoms with Gasteiger partial charge in [0.15, 0.2) is 17.0 Å². The van der Waals surface area contributed by atoms with E-state index in [1.807, 2.05) is 18.5 Å². The van der Waals surface area contributed by atoms with E-state index in [0.717, 1.165) is 86.8 Å². The Morgan fingerprint density at radius 3 is 2.00 bits per heavy atom. The molecule has 0 atom stereocenters. The molecule has 30 heavy (non-hydrogen) atoms. The summed E-state index contributed by atoms with van der Waals surface area (Å²) in [5.74, 6) is 3.80. The number of fused-ring (bicyclic) bond motifs is 1. The molecule has 0 amide bonds. The summed E-state index contributed by atoms with van der Waals surface area (Å²) in [5.41, 5.74) is 1.73. The standard InChI is InChI=1S/C20H28N10/c1-15-24-16(28-6-4-26(2)5-7-28)12-17(25-15)29-8-10-30(11-9-29)20-18-19(21-13-22-20)27(3)14-23-18/h12-14H,4-11H2,1-3H3. The topological polar surface area (TPSA) is 82.3 Å². The molecule has 5 heterocycles. The maximum absolute atomic E-state index is 4.74. The number of nitrogens with zero attached hydrogens (tertiary/aromatic N) is 10. The Morgan fingerprint density at radius 1 is 0.733 bits per heavy atom. The molecule has 2 fully saturated rings. The summed E-state index contributed by atoms with van der Waals surface area (Å²) in [4.78, 5) is 32.2. The van der Waals surface area contributed by atoms with Crippen molar-refractivity contribution in [1.82, 2.24) is 34.4 Å². The maximum Gasteiger partial charge on any atom is 0.165 e. The number of rotatable bonds is 3. The molecule has 5 rings (SSSR count). The highest BCUT2D eigenvalue weighted by molar-refractivity contribution is 5.83. The summed E-state index contributed by atoms with van der Waals surface area (Å²) >= 11 is 0. The first-order chi connectivity index (χ1) is 14.6. The minimum atomic E-state index is 0.829. The van der Waals surface area contributed by atoms with Gasteiger partial charge >= 0.3 is 0 Å². The van der Waals surface area contributed by atoms with Crippen molar-refractivity contribution in [3.8, 4) is 0 Å². The molecular formula is C20H28N10. The average Bonchev–Trinajstić information content (AvgIpc) is 3.15. The predicted molar refractivity (Wildman–Crippen MR) is 117 cm³/mol. The van der Waals surface area contributed by atoms with Crippen LogP contribution in [0.2, 0.25) is 0 Å². The number of aromatic nitrogens is 6. The Bertz CT molecular complexity index is 1030. The Labute approximate surface area is 176 Å². The molecule has 0 bridgehead atoms. The zero-order valence-corrected chi connectivity index (χ0v) is 17.9. The fourth-order valence-electron chi connectivity index (χ4n) is 4.21. The highest BCUT2D eigenvalue weighted by atomic mass is 15.3. The minimum absolute atomic E-state index is 0.829. The Hall–Kier alpha value is -3.01. The molecule has 0 spiro atoms. The first kappa shape index (κ1) is 19.0. The van der Waals surface area contributed by atoms with Gasteiger partial charge < -0.3 is 24.2 Å². The van der Waals surface area contributed by atoms with Crippen molar-refractivity contribution in [2.45, 2.75) is 6.92 Å². The molecule has 3 aromatic rings. The van der Waals surface area contributed by atoms with Crippen molar-refractivity contribution in [3.63, 3.8) is 0 Å². The SMILES string of the molecule is Cc1nc(N2CCN(C)CC2)cc(N2CCN(c3ncnc4c3ncn4C)CC2)n1. The maximum atomic E-state index is 4.74. The molecular weight excluding hydrogens is 380 g/mol. The molecule has 0 N–H and O–H groups in total. The van der Waals surface area contributed by atoms with Crippen molar-refractivity contribution in [2.75, 3.05) is 74.1 Å². The third-order valence-corrected chi connectivity index (χ3v) is 6.02. The van der Waals surface area contributed by atoms with Crippen LogP contribution in [0.1, 0.15) is 5.82 Å². The van der Waals surface area contributed by atoms with E-state index < -0.39 is 0 Å². The molecule has 158 valence electrons. The smallest absolute Gasteiger partial charge is 0.165 e. The van der Waals surface area contributed by atoms with Crippen LogP contribution in [-0.2, 0) is 7.05 Å². The van der Waals surface area contributed by atoms with Crippen molar-refractivity contribution < 1.29 is 0 Å². The lowest BCUT2D eigenvalue weighted by atomic mass is 10.2. The van der Waals surface area contributed by atoms with E-state index in [9.17, 15) is 0 Å². The summed E-state index contributed by atoms with van der Waals surface area (Å²) in [5, 5.41) is 0. The van der Waals surface area contributed by atoms with Crippen LogP contribution in [0.25, 0.3) is 11.2 Å². The van der Waals surface area contributed by atoms with Crippen LogP contribution < -0.4 is 14.7 Å². The quantitative estimate of drug-likeness (QED) is 0.617. The molecule has 0 unspecified atom stereocenters. The summed E-state index contributed by atoms with van der Waals surface area (Å²) in [6.07, 6.45) is 3.42. The summed E-state index contributed by atoms with van der Waals surface area (Å²) in [6.45, 7) is 9.65. The van der Waals surface area contributed by atoms with Gasteiger partial charge in [-0.1, -0.05) is 0 Å². The normalized spacial score (nSPS) is 18.4. The third kappa shape index (κ3) is 3.51. The highest BCUT2D eigenvalue weighted by Gasteiger charge is 2.24. The zero-order chi connectivity index (χ0) is 20.7. The summed E-state index contributed by atoms with van der Waals surface area (Å²) < 4.78 is 1.93. The van der Waals surface area contributed by atoms with Crippen molar-refractivity contribution in [3.05, 3.63) is 24.5 Å². The minimum Gasteiger partial charge on any atom is -0.354 e. The van der Waals surface area contributed by atoms with Gasteiger partial charge in [0, 0.05) is 65.5 Å². The van der Waals surface area contributed by atoms with Crippen LogP contribution in [0.3, 0.4) is 0 Å². The van der Waals surface area contributed by atoms with Gasteiger partial charge in [0.2, 0.25) is 0 Å². The second-order valence-electron chi connectivity index (χ2n) is 8.12.